The van der Waals surface area contributed by atoms with Crippen molar-refractivity contribution in [3.63, 3.8) is 0 Å². The minimum atomic E-state index is -0.489. The van der Waals surface area contributed by atoms with Crippen LogP contribution in [0, 0.1) is 12.7 Å². The van der Waals surface area contributed by atoms with E-state index < -0.39 is 11.7 Å². The van der Waals surface area contributed by atoms with Crippen LogP contribution >= 0.6 is 0 Å². The molecule has 0 bridgehead atoms. The van der Waals surface area contributed by atoms with Gasteiger partial charge in [-0.3, -0.25) is 4.79 Å². The Morgan fingerprint density at radius 1 is 1.44 bits per heavy atom. The van der Waals surface area contributed by atoms with E-state index >= 15 is 0 Å². The largest absolute Gasteiger partial charge is 0.364 e. The highest BCUT2D eigenvalue weighted by Gasteiger charge is 2.14. The van der Waals surface area contributed by atoms with Crippen molar-refractivity contribution >= 4 is 11.6 Å². The van der Waals surface area contributed by atoms with E-state index in [2.05, 4.69) is 15.0 Å². The molecule has 0 saturated carbocycles. The van der Waals surface area contributed by atoms with Crippen LogP contribution < -0.4 is 5.32 Å². The lowest BCUT2D eigenvalue weighted by molar-refractivity contribution is 0.101. The van der Waals surface area contributed by atoms with Crippen LogP contribution in [0.2, 0.25) is 0 Å². The zero-order valence-electron chi connectivity index (χ0n) is 8.53. The molecule has 2 rings (SSSR count). The maximum Gasteiger partial charge on any atom is 0.278 e. The van der Waals surface area contributed by atoms with Gasteiger partial charge in [0.25, 0.3) is 5.91 Å². The number of aromatic nitrogens is 1. The van der Waals surface area contributed by atoms with Crippen LogP contribution in [0.25, 0.3) is 0 Å². The van der Waals surface area contributed by atoms with Gasteiger partial charge in [-0.1, -0.05) is 17.3 Å². The second kappa shape index (κ2) is 4.14. The molecule has 0 aliphatic carbocycles. The zero-order valence-corrected chi connectivity index (χ0v) is 8.53. The molecule has 0 saturated heterocycles. The molecule has 0 aliphatic rings. The van der Waals surface area contributed by atoms with Gasteiger partial charge in [0.15, 0.2) is 5.69 Å². The smallest absolute Gasteiger partial charge is 0.278 e. The molecule has 0 atom stereocenters. The molecular formula is C11H9FN2O2. The van der Waals surface area contributed by atoms with Crippen molar-refractivity contribution in [1.82, 2.24) is 5.16 Å². The number of nitrogens with zero attached hydrogens (tertiary/aromatic N) is 1. The van der Waals surface area contributed by atoms with Crippen molar-refractivity contribution < 1.29 is 13.7 Å². The lowest BCUT2D eigenvalue weighted by Crippen LogP contribution is -2.14. The first-order chi connectivity index (χ1) is 7.68. The molecule has 5 heteroatoms. The number of hydrogen-bond acceptors (Lipinski definition) is 3. The first kappa shape index (κ1) is 10.4. The molecular weight excluding hydrogens is 211 g/mol. The fourth-order valence-corrected chi connectivity index (χ4v) is 1.25. The molecule has 2 aromatic rings. The van der Waals surface area contributed by atoms with E-state index in [9.17, 15) is 9.18 Å². The van der Waals surface area contributed by atoms with Gasteiger partial charge < -0.3 is 9.84 Å². The number of rotatable bonds is 2. The Morgan fingerprint density at radius 2 is 2.19 bits per heavy atom. The summed E-state index contributed by atoms with van der Waals surface area (Å²) in [6, 6.07) is 5.93. The van der Waals surface area contributed by atoms with Crippen molar-refractivity contribution in [3.05, 3.63) is 47.6 Å². The first-order valence-corrected chi connectivity index (χ1v) is 4.65. The fraction of sp³-hybridized carbons (Fsp3) is 0.0909. The van der Waals surface area contributed by atoms with E-state index in [1.807, 2.05) is 0 Å². The summed E-state index contributed by atoms with van der Waals surface area (Å²) in [6.07, 6.45) is 1.36. The molecule has 0 aliphatic heterocycles. The molecule has 16 heavy (non-hydrogen) atoms. The Kier molecular flexibility index (Phi) is 2.68. The number of hydrogen-bond donors (Lipinski definition) is 1. The molecule has 1 heterocycles. The van der Waals surface area contributed by atoms with Gasteiger partial charge in [-0.2, -0.15) is 0 Å². The lowest BCUT2D eigenvalue weighted by atomic mass is 10.2. The predicted molar refractivity (Wildman–Crippen MR) is 55.6 cm³/mol. The van der Waals surface area contributed by atoms with Crippen molar-refractivity contribution in [2.24, 2.45) is 0 Å². The zero-order chi connectivity index (χ0) is 11.5. The number of para-hydroxylation sites is 1. The molecule has 0 unspecified atom stereocenters. The molecule has 1 aromatic heterocycles. The van der Waals surface area contributed by atoms with Gasteiger partial charge in [0.1, 0.15) is 12.1 Å². The molecule has 1 amide bonds. The molecule has 4 nitrogen and oxygen atoms in total. The average Bonchev–Trinajstić information content (AvgIpc) is 2.68. The molecule has 0 radical (unpaired) electrons. The summed E-state index contributed by atoms with van der Waals surface area (Å²) in [5, 5.41) is 5.95. The van der Waals surface area contributed by atoms with Crippen molar-refractivity contribution in [3.8, 4) is 0 Å². The lowest BCUT2D eigenvalue weighted by Gasteiger charge is -2.03. The van der Waals surface area contributed by atoms with Gasteiger partial charge in [-0.25, -0.2) is 4.39 Å². The Bertz CT molecular complexity index is 522. The van der Waals surface area contributed by atoms with Crippen molar-refractivity contribution in [2.45, 2.75) is 6.92 Å². The second-order valence-electron chi connectivity index (χ2n) is 3.28. The topological polar surface area (TPSA) is 55.1 Å². The number of halogens is 1. The summed E-state index contributed by atoms with van der Waals surface area (Å²) in [5.41, 5.74) is 0.881. The van der Waals surface area contributed by atoms with Crippen LogP contribution in [-0.2, 0) is 0 Å². The van der Waals surface area contributed by atoms with Gasteiger partial charge in [0.2, 0.25) is 0 Å². The molecule has 1 aromatic carbocycles. The molecule has 0 fully saturated rings. The molecule has 82 valence electrons. The third-order valence-electron chi connectivity index (χ3n) is 2.08. The Hall–Kier alpha value is -2.17. The maximum absolute atomic E-state index is 13.2. The summed E-state index contributed by atoms with van der Waals surface area (Å²) in [4.78, 5) is 11.6. The normalized spacial score (nSPS) is 10.1. The van der Waals surface area contributed by atoms with Gasteiger partial charge in [0.05, 0.1) is 5.69 Å². The highest BCUT2D eigenvalue weighted by atomic mass is 19.1. The minimum absolute atomic E-state index is 0.120. The third kappa shape index (κ3) is 1.93. The highest BCUT2D eigenvalue weighted by Crippen LogP contribution is 2.14. The Labute approximate surface area is 91.1 Å². The van der Waals surface area contributed by atoms with Gasteiger partial charge in [0, 0.05) is 5.56 Å². The standard InChI is InChI=1S/C11H9FN2O2/c1-7-6-16-14-10(7)11(15)13-9-5-3-2-4-8(9)12/h2-6H,1H3,(H,13,15). The summed E-state index contributed by atoms with van der Waals surface area (Å²) >= 11 is 0. The number of aryl methyl sites for hydroxylation is 1. The summed E-state index contributed by atoms with van der Waals surface area (Å²) < 4.78 is 17.9. The highest BCUT2D eigenvalue weighted by molar-refractivity contribution is 6.03. The second-order valence-corrected chi connectivity index (χ2v) is 3.28. The predicted octanol–water partition coefficient (Wildman–Crippen LogP) is 2.37. The van der Waals surface area contributed by atoms with E-state index in [0.29, 0.717) is 5.56 Å². The SMILES string of the molecule is Cc1conc1C(=O)Nc1ccccc1F. The van der Waals surface area contributed by atoms with E-state index in [-0.39, 0.29) is 11.4 Å². The van der Waals surface area contributed by atoms with Crippen molar-refractivity contribution in [2.75, 3.05) is 5.32 Å². The number of carbonyl (C=O) groups is 1. The first-order valence-electron chi connectivity index (χ1n) is 4.65. The number of benzene rings is 1. The maximum atomic E-state index is 13.2. The van der Waals surface area contributed by atoms with Crippen LogP contribution in [0.4, 0.5) is 10.1 Å². The fourth-order valence-electron chi connectivity index (χ4n) is 1.25. The monoisotopic (exact) mass is 220 g/mol. The number of amides is 1. The molecule has 0 spiro atoms. The van der Waals surface area contributed by atoms with E-state index in [4.69, 9.17) is 0 Å². The van der Waals surface area contributed by atoms with Crippen LogP contribution in [0.15, 0.2) is 35.1 Å². The number of carbonyl (C=O) groups excluding carboxylic acids is 1. The van der Waals surface area contributed by atoms with E-state index in [1.54, 1.807) is 19.1 Å². The van der Waals surface area contributed by atoms with Gasteiger partial charge in [-0.05, 0) is 19.1 Å². The summed E-state index contributed by atoms with van der Waals surface area (Å²) in [5.74, 6) is -0.978. The number of anilines is 1. The van der Waals surface area contributed by atoms with Crippen LogP contribution in [0.3, 0.4) is 0 Å². The Morgan fingerprint density at radius 3 is 2.81 bits per heavy atom. The summed E-state index contributed by atoms with van der Waals surface area (Å²) in [6.45, 7) is 1.69. The van der Waals surface area contributed by atoms with E-state index in [1.165, 1.54) is 18.4 Å². The van der Waals surface area contributed by atoms with Crippen LogP contribution in [0.5, 0.6) is 0 Å². The summed E-state index contributed by atoms with van der Waals surface area (Å²) in [7, 11) is 0. The third-order valence-corrected chi connectivity index (χ3v) is 2.08. The average molecular weight is 220 g/mol. The van der Waals surface area contributed by atoms with Crippen LogP contribution in [-0.4, -0.2) is 11.1 Å². The van der Waals surface area contributed by atoms with Crippen molar-refractivity contribution in [1.29, 1.82) is 0 Å². The van der Waals surface area contributed by atoms with Crippen LogP contribution in [0.1, 0.15) is 16.1 Å². The van der Waals surface area contributed by atoms with Gasteiger partial charge >= 0.3 is 0 Å². The molecule has 1 N–H and O–H groups in total. The van der Waals surface area contributed by atoms with E-state index in [0.717, 1.165) is 0 Å². The quantitative estimate of drug-likeness (QED) is 0.845. The van der Waals surface area contributed by atoms with Gasteiger partial charge in [-0.15, -0.1) is 0 Å². The minimum Gasteiger partial charge on any atom is -0.364 e. The Balaban J connectivity index is 2.21. The number of nitrogens with one attached hydrogen (secondary N) is 1.